The van der Waals surface area contributed by atoms with E-state index in [-0.39, 0.29) is 35.4 Å². The lowest BCUT2D eigenvalue weighted by molar-refractivity contribution is -0.141. The number of anilines is 1. The number of ketones is 1. The van der Waals surface area contributed by atoms with Gasteiger partial charge in [-0.3, -0.25) is 14.7 Å². The first-order valence-corrected chi connectivity index (χ1v) is 9.29. The Morgan fingerprint density at radius 3 is 2.44 bits per heavy atom. The van der Waals surface area contributed by atoms with Gasteiger partial charge in [-0.25, -0.2) is 14.5 Å². The van der Waals surface area contributed by atoms with E-state index < -0.39 is 35.8 Å². The summed E-state index contributed by atoms with van der Waals surface area (Å²) in [7, 11) is 0. The lowest BCUT2D eigenvalue weighted by atomic mass is 9.92. The van der Waals surface area contributed by atoms with E-state index in [0.717, 1.165) is 17.2 Å². The third kappa shape index (κ3) is 3.35. The second-order valence-electron chi connectivity index (χ2n) is 7.09. The number of rotatable bonds is 2. The molecule has 1 aliphatic heterocycles. The molecule has 0 fully saturated rings. The van der Waals surface area contributed by atoms with Gasteiger partial charge in [-0.05, 0) is 36.2 Å². The minimum Gasteiger partial charge on any atom is -0.465 e. The van der Waals surface area contributed by atoms with Crippen molar-refractivity contribution in [3.8, 4) is 6.07 Å². The molecule has 1 atom stereocenters. The molecule has 2 aromatic rings. The van der Waals surface area contributed by atoms with Crippen molar-refractivity contribution in [2.24, 2.45) is 0 Å². The molecule has 1 aromatic carbocycles. The number of carbonyl (C=O) groups excluding carboxylic acids is 2. The topological polar surface area (TPSA) is 115 Å². The molecule has 1 N–H and O–H groups in total. The van der Waals surface area contributed by atoms with Crippen LogP contribution in [0, 0.1) is 11.3 Å². The number of carbonyl (C=O) groups is 3. The van der Waals surface area contributed by atoms with Crippen molar-refractivity contribution in [3.05, 3.63) is 70.7 Å². The van der Waals surface area contributed by atoms with Crippen molar-refractivity contribution in [2.45, 2.75) is 25.1 Å². The van der Waals surface area contributed by atoms with Gasteiger partial charge in [0.05, 0.1) is 17.3 Å². The maximum atomic E-state index is 13.3. The number of aromatic nitrogens is 1. The van der Waals surface area contributed by atoms with Crippen molar-refractivity contribution in [1.29, 1.82) is 5.26 Å². The van der Waals surface area contributed by atoms with Gasteiger partial charge < -0.3 is 5.11 Å². The van der Waals surface area contributed by atoms with Crippen LogP contribution >= 0.6 is 0 Å². The van der Waals surface area contributed by atoms with Crippen LogP contribution in [0.2, 0.25) is 0 Å². The molecule has 0 radical (unpaired) electrons. The number of imide groups is 1. The fourth-order valence-electron chi connectivity index (χ4n) is 3.90. The average molecular weight is 442 g/mol. The van der Waals surface area contributed by atoms with Crippen LogP contribution in [-0.4, -0.2) is 32.9 Å². The summed E-state index contributed by atoms with van der Waals surface area (Å²) in [5, 5.41) is 18.8. The van der Waals surface area contributed by atoms with Crippen LogP contribution in [0.15, 0.2) is 53.9 Å². The summed E-state index contributed by atoms with van der Waals surface area (Å²) in [5.41, 5.74) is -0.765. The number of urea groups is 1. The first-order valence-electron chi connectivity index (χ1n) is 9.29. The largest absolute Gasteiger partial charge is 0.465 e. The summed E-state index contributed by atoms with van der Waals surface area (Å²) in [6.45, 7) is 0. The van der Waals surface area contributed by atoms with Crippen molar-refractivity contribution in [2.75, 3.05) is 4.90 Å². The Morgan fingerprint density at radius 2 is 1.84 bits per heavy atom. The monoisotopic (exact) mass is 442 g/mol. The van der Waals surface area contributed by atoms with Gasteiger partial charge in [-0.15, -0.1) is 0 Å². The van der Waals surface area contributed by atoms with E-state index >= 15 is 0 Å². The minimum atomic E-state index is -4.78. The van der Waals surface area contributed by atoms with Gasteiger partial charge >= 0.3 is 18.3 Å². The van der Waals surface area contributed by atoms with Gasteiger partial charge in [0.1, 0.15) is 11.7 Å². The summed E-state index contributed by atoms with van der Waals surface area (Å²) in [6, 6.07) is 7.02. The molecule has 1 unspecified atom stereocenters. The van der Waals surface area contributed by atoms with Crippen LogP contribution in [-0.2, 0) is 11.0 Å². The molecule has 11 heteroatoms. The second-order valence-corrected chi connectivity index (χ2v) is 7.09. The van der Waals surface area contributed by atoms with Gasteiger partial charge in [-0.1, -0.05) is 12.1 Å². The Balaban J connectivity index is 1.92. The molecule has 0 bridgehead atoms. The van der Waals surface area contributed by atoms with Crippen LogP contribution < -0.4 is 4.90 Å². The number of hydrogen-bond acceptors (Lipinski definition) is 5. The average Bonchev–Trinajstić information content (AvgIpc) is 3.13. The number of alkyl halides is 3. The Morgan fingerprint density at radius 1 is 1.16 bits per heavy atom. The van der Waals surface area contributed by atoms with Crippen molar-refractivity contribution >= 4 is 23.6 Å². The van der Waals surface area contributed by atoms with Gasteiger partial charge in [0.2, 0.25) is 0 Å². The maximum Gasteiger partial charge on any atom is 0.433 e. The molecule has 32 heavy (non-hydrogen) atoms. The SMILES string of the molecule is N#Cc1ccc(C2C3=C(CCC3=O)N(c3ccnc(C(F)(F)F)c3)C(=O)N2C(=O)O)cc1. The number of allylic oxidation sites excluding steroid dienone is 1. The third-order valence-electron chi connectivity index (χ3n) is 5.25. The predicted molar refractivity (Wildman–Crippen MR) is 102 cm³/mol. The number of hydrogen-bond donors (Lipinski definition) is 1. The second kappa shape index (κ2) is 7.49. The number of benzene rings is 1. The first-order chi connectivity index (χ1) is 15.1. The van der Waals surface area contributed by atoms with Crippen molar-refractivity contribution < 1.29 is 32.7 Å². The van der Waals surface area contributed by atoms with E-state index in [1.165, 1.54) is 24.3 Å². The number of carboxylic acid groups (broad SMARTS) is 1. The maximum absolute atomic E-state index is 13.3. The zero-order chi connectivity index (χ0) is 23.2. The molecule has 2 aliphatic rings. The normalized spacial score (nSPS) is 18.6. The Hall–Kier alpha value is -4.20. The van der Waals surface area contributed by atoms with E-state index in [1.54, 1.807) is 0 Å². The lowest BCUT2D eigenvalue weighted by Gasteiger charge is -2.39. The summed E-state index contributed by atoms with van der Waals surface area (Å²) >= 11 is 0. The number of Topliss-reactive ketones (excluding diaryl/α,β-unsaturated/α-hetero) is 1. The molecule has 1 aliphatic carbocycles. The molecule has 4 rings (SSSR count). The highest BCUT2D eigenvalue weighted by Crippen LogP contribution is 2.45. The van der Waals surface area contributed by atoms with E-state index in [9.17, 15) is 32.7 Å². The zero-order valence-electron chi connectivity index (χ0n) is 16.1. The van der Waals surface area contributed by atoms with Gasteiger partial charge in [-0.2, -0.15) is 18.4 Å². The molecule has 2 heterocycles. The summed E-state index contributed by atoms with van der Waals surface area (Å²) in [4.78, 5) is 42.6. The van der Waals surface area contributed by atoms with E-state index in [1.807, 2.05) is 6.07 Å². The lowest BCUT2D eigenvalue weighted by Crippen LogP contribution is -2.52. The minimum absolute atomic E-state index is 0.0158. The van der Waals surface area contributed by atoms with E-state index in [2.05, 4.69) is 4.98 Å². The Labute approximate surface area is 178 Å². The predicted octanol–water partition coefficient (Wildman–Crippen LogP) is 4.25. The Bertz CT molecular complexity index is 1210. The summed E-state index contributed by atoms with van der Waals surface area (Å²) in [5.74, 6) is -0.414. The highest BCUT2D eigenvalue weighted by Gasteiger charge is 2.48. The van der Waals surface area contributed by atoms with Crippen LogP contribution in [0.25, 0.3) is 0 Å². The summed E-state index contributed by atoms with van der Waals surface area (Å²) < 4.78 is 39.5. The van der Waals surface area contributed by atoms with E-state index in [4.69, 9.17) is 5.26 Å². The van der Waals surface area contributed by atoms with Gasteiger partial charge in [0, 0.05) is 23.9 Å². The smallest absolute Gasteiger partial charge is 0.433 e. The molecule has 0 saturated heterocycles. The van der Waals surface area contributed by atoms with Crippen molar-refractivity contribution in [1.82, 2.24) is 9.88 Å². The fraction of sp³-hybridized carbons (Fsp3) is 0.190. The molecule has 1 aromatic heterocycles. The first kappa shape index (κ1) is 21.0. The molecular weight excluding hydrogens is 429 g/mol. The quantitative estimate of drug-likeness (QED) is 0.744. The molecule has 0 spiro atoms. The van der Waals surface area contributed by atoms with E-state index in [0.29, 0.717) is 16.5 Å². The third-order valence-corrected chi connectivity index (χ3v) is 5.25. The molecule has 8 nitrogen and oxygen atoms in total. The zero-order valence-corrected chi connectivity index (χ0v) is 16.1. The molecule has 3 amide bonds. The summed E-state index contributed by atoms with van der Waals surface area (Å²) in [6.07, 6.45) is -5.56. The highest BCUT2D eigenvalue weighted by atomic mass is 19.4. The van der Waals surface area contributed by atoms with Gasteiger partial charge in [0.25, 0.3) is 0 Å². The molecular formula is C21H13F3N4O4. The number of nitriles is 1. The van der Waals surface area contributed by atoms with Crippen LogP contribution in [0.5, 0.6) is 0 Å². The number of amides is 3. The molecule has 0 saturated carbocycles. The highest BCUT2D eigenvalue weighted by molar-refractivity contribution is 6.11. The number of pyridine rings is 1. The number of halogens is 3. The Kier molecular flexibility index (Phi) is 4.93. The number of nitrogens with zero attached hydrogens (tertiary/aromatic N) is 4. The fourth-order valence-corrected chi connectivity index (χ4v) is 3.90. The van der Waals surface area contributed by atoms with Crippen molar-refractivity contribution in [3.63, 3.8) is 0 Å². The van der Waals surface area contributed by atoms with Crippen LogP contribution in [0.1, 0.15) is 35.7 Å². The van der Waals surface area contributed by atoms with Crippen LogP contribution in [0.4, 0.5) is 28.4 Å². The standard InChI is InChI=1S/C21H13F3N4O4/c22-21(23,24)16-9-13(7-8-26-16)27-14-5-6-15(29)17(14)18(28(19(27)30)20(31)32)12-3-1-11(10-25)2-4-12/h1-4,7-9,18H,5-6H2,(H,31,32). The van der Waals surface area contributed by atoms with Crippen LogP contribution in [0.3, 0.4) is 0 Å². The van der Waals surface area contributed by atoms with Gasteiger partial charge in [0.15, 0.2) is 5.78 Å². The molecule has 162 valence electrons.